The molecule has 1 amide bonds. The van der Waals surface area contributed by atoms with E-state index in [1.807, 2.05) is 30.6 Å². The number of carboxylic acids is 1. The second-order valence-corrected chi connectivity index (χ2v) is 7.25. The van der Waals surface area contributed by atoms with Gasteiger partial charge in [0.2, 0.25) is 5.91 Å². The van der Waals surface area contributed by atoms with Gasteiger partial charge in [0.25, 0.3) is 0 Å². The molecule has 4 rings (SSSR count). The minimum Gasteiger partial charge on any atom is -0.477 e. The molecule has 0 aliphatic carbocycles. The fraction of sp³-hybridized carbons (Fsp3) is 0.526. The Morgan fingerprint density at radius 3 is 2.77 bits per heavy atom. The van der Waals surface area contributed by atoms with Crippen molar-refractivity contribution in [1.82, 2.24) is 4.90 Å². The van der Waals surface area contributed by atoms with Crippen LogP contribution in [0.5, 0.6) is 0 Å². The van der Waals surface area contributed by atoms with Gasteiger partial charge in [-0.15, -0.1) is 0 Å². The molecule has 5 atom stereocenters. The Labute approximate surface area is 151 Å². The van der Waals surface area contributed by atoms with Crippen molar-refractivity contribution in [3.8, 4) is 0 Å². The van der Waals surface area contributed by atoms with Crippen LogP contribution < -0.4 is 4.57 Å². The molecule has 1 aromatic rings. The van der Waals surface area contributed by atoms with E-state index in [0.717, 1.165) is 25.0 Å². The lowest BCUT2D eigenvalue weighted by Crippen LogP contribution is -2.65. The lowest BCUT2D eigenvalue weighted by Gasteiger charge is -2.47. The number of ether oxygens (including phenoxy) is 1. The average molecular weight is 359 g/mol. The summed E-state index contributed by atoms with van der Waals surface area (Å²) in [5.74, 6) is -1.94. The third kappa shape index (κ3) is 2.54. The summed E-state index contributed by atoms with van der Waals surface area (Å²) in [6, 6.07) is 5.48. The fourth-order valence-corrected chi connectivity index (χ4v) is 4.59. The summed E-state index contributed by atoms with van der Waals surface area (Å²) in [5, 5.41) is 19.7. The van der Waals surface area contributed by atoms with Crippen LogP contribution in [0.15, 0.2) is 41.9 Å². The molecule has 0 saturated carbocycles. The molecular formula is C19H23N2O5+. The van der Waals surface area contributed by atoms with E-state index >= 15 is 0 Å². The van der Waals surface area contributed by atoms with Crippen molar-refractivity contribution in [3.05, 3.63) is 41.9 Å². The Hall–Kier alpha value is -2.25. The van der Waals surface area contributed by atoms with Crippen molar-refractivity contribution in [3.63, 3.8) is 0 Å². The maximum Gasteiger partial charge on any atom is 0.352 e. The molecular weight excluding hydrogens is 336 g/mol. The van der Waals surface area contributed by atoms with Crippen LogP contribution in [0, 0.1) is 11.8 Å². The van der Waals surface area contributed by atoms with Gasteiger partial charge < -0.3 is 14.9 Å². The predicted octanol–water partition coefficient (Wildman–Crippen LogP) is 0.329. The Morgan fingerprint density at radius 1 is 1.38 bits per heavy atom. The number of carbonyl (C=O) groups excluding carboxylic acids is 1. The highest BCUT2D eigenvalue weighted by atomic mass is 16.5. The van der Waals surface area contributed by atoms with Gasteiger partial charge in [0.15, 0.2) is 12.4 Å². The molecule has 0 radical (unpaired) electrons. The minimum atomic E-state index is -1.09. The summed E-state index contributed by atoms with van der Waals surface area (Å²) >= 11 is 0. The number of hydrogen-bond acceptors (Lipinski definition) is 4. The van der Waals surface area contributed by atoms with Crippen molar-refractivity contribution in [2.24, 2.45) is 11.8 Å². The van der Waals surface area contributed by atoms with E-state index in [-0.39, 0.29) is 17.5 Å². The number of aliphatic hydroxyl groups is 1. The van der Waals surface area contributed by atoms with Gasteiger partial charge in [-0.25, -0.2) is 9.36 Å². The first-order chi connectivity index (χ1) is 12.5. The molecule has 7 heteroatoms. The summed E-state index contributed by atoms with van der Waals surface area (Å²) in [6.07, 6.45) is 4.26. The van der Waals surface area contributed by atoms with E-state index in [1.165, 1.54) is 4.90 Å². The van der Waals surface area contributed by atoms with Crippen molar-refractivity contribution in [2.75, 3.05) is 6.61 Å². The number of aliphatic carboxylic acids is 1. The van der Waals surface area contributed by atoms with Gasteiger partial charge in [-0.2, -0.15) is 0 Å². The number of rotatable bonds is 5. The fourth-order valence-electron chi connectivity index (χ4n) is 4.59. The van der Waals surface area contributed by atoms with Crippen LogP contribution in [0.25, 0.3) is 0 Å². The van der Waals surface area contributed by atoms with Crippen molar-refractivity contribution < 1.29 is 29.1 Å². The molecule has 26 heavy (non-hydrogen) atoms. The molecule has 0 unspecified atom stereocenters. The first kappa shape index (κ1) is 17.2. The van der Waals surface area contributed by atoms with Crippen LogP contribution in [0.1, 0.15) is 19.8 Å². The predicted molar refractivity (Wildman–Crippen MR) is 89.6 cm³/mol. The molecule has 0 spiro atoms. The number of aliphatic hydroxyl groups excluding tert-OH is 1. The lowest BCUT2D eigenvalue weighted by molar-refractivity contribution is -0.698. The van der Waals surface area contributed by atoms with E-state index in [4.69, 9.17) is 4.74 Å². The van der Waals surface area contributed by atoms with Crippen LogP contribution in [0.4, 0.5) is 0 Å². The standard InChI is InChI=1S/C19H22N2O5/c1-11(22)13-15-17-14(16(19(24)25)21(15)18(13)23)12(6-10-26-17)5-9-20-7-3-2-4-8-20/h2-4,7-8,11-13,15,17,22H,5-6,9-10H2,1H3/p+1/t11-,12+,13-,15+,17+/m1/s1. The number of hydrogen-bond donors (Lipinski definition) is 2. The van der Waals surface area contributed by atoms with Gasteiger partial charge in [-0.1, -0.05) is 6.07 Å². The summed E-state index contributed by atoms with van der Waals surface area (Å²) in [5.41, 5.74) is 0.798. The van der Waals surface area contributed by atoms with E-state index in [2.05, 4.69) is 4.57 Å². The molecule has 0 aromatic carbocycles. The first-order valence-corrected chi connectivity index (χ1v) is 9.05. The van der Waals surface area contributed by atoms with Crippen LogP contribution in [-0.2, 0) is 20.9 Å². The van der Waals surface area contributed by atoms with Crippen LogP contribution in [0.2, 0.25) is 0 Å². The average Bonchev–Trinajstić information content (AvgIpc) is 2.92. The molecule has 2 N–H and O–H groups in total. The van der Waals surface area contributed by atoms with Crippen molar-refractivity contribution in [1.29, 1.82) is 0 Å². The number of fused-ring (bicyclic) bond motifs is 3. The quantitative estimate of drug-likeness (QED) is 0.584. The SMILES string of the molecule is C[C@@H](O)[C@H]1C(=O)N2C(C(=O)O)=C3[C@@H](CC[n+]4ccccc4)CCO[C@@H]3[C@H]12. The van der Waals surface area contributed by atoms with Crippen molar-refractivity contribution in [2.45, 2.75) is 44.6 Å². The van der Waals surface area contributed by atoms with Crippen LogP contribution in [0.3, 0.4) is 0 Å². The monoisotopic (exact) mass is 359 g/mol. The zero-order chi connectivity index (χ0) is 18.4. The summed E-state index contributed by atoms with van der Waals surface area (Å²) in [7, 11) is 0. The molecule has 0 bridgehead atoms. The van der Waals surface area contributed by atoms with Gasteiger partial charge in [-0.05, 0) is 24.8 Å². The number of carboxylic acid groups (broad SMARTS) is 1. The maximum absolute atomic E-state index is 12.4. The lowest BCUT2D eigenvalue weighted by atomic mass is 9.78. The Balaban J connectivity index is 1.62. The molecule has 3 aliphatic rings. The summed E-state index contributed by atoms with van der Waals surface area (Å²) < 4.78 is 7.96. The third-order valence-corrected chi connectivity index (χ3v) is 5.76. The van der Waals surface area contributed by atoms with Gasteiger partial charge in [0.1, 0.15) is 18.3 Å². The number of aromatic nitrogens is 1. The van der Waals surface area contributed by atoms with E-state index in [9.17, 15) is 19.8 Å². The highest BCUT2D eigenvalue weighted by molar-refractivity contribution is 6.00. The van der Waals surface area contributed by atoms with E-state index in [0.29, 0.717) is 6.61 Å². The smallest absolute Gasteiger partial charge is 0.352 e. The second kappa shape index (κ2) is 6.48. The largest absolute Gasteiger partial charge is 0.477 e. The highest BCUT2D eigenvalue weighted by Crippen LogP contribution is 2.49. The summed E-state index contributed by atoms with van der Waals surface area (Å²) in [4.78, 5) is 25.7. The van der Waals surface area contributed by atoms with Gasteiger partial charge in [-0.3, -0.25) is 9.69 Å². The topological polar surface area (TPSA) is 91.0 Å². The third-order valence-electron chi connectivity index (χ3n) is 5.76. The summed E-state index contributed by atoms with van der Waals surface area (Å²) in [6.45, 7) is 2.88. The van der Waals surface area contributed by atoms with Crippen LogP contribution >= 0.6 is 0 Å². The minimum absolute atomic E-state index is 0.0561. The number of pyridine rings is 1. The van der Waals surface area contributed by atoms with Crippen molar-refractivity contribution >= 4 is 11.9 Å². The number of amides is 1. The number of carbonyl (C=O) groups is 2. The maximum atomic E-state index is 12.4. The number of aryl methyl sites for hydroxylation is 1. The zero-order valence-electron chi connectivity index (χ0n) is 14.6. The first-order valence-electron chi connectivity index (χ1n) is 9.05. The Bertz CT molecular complexity index is 760. The Kier molecular flexibility index (Phi) is 4.28. The molecule has 3 aliphatic heterocycles. The van der Waals surface area contributed by atoms with Gasteiger partial charge in [0, 0.05) is 25.2 Å². The van der Waals surface area contributed by atoms with Gasteiger partial charge >= 0.3 is 5.97 Å². The molecule has 4 heterocycles. The number of β-lactam (4-membered cyclic amide) rings is 1. The number of nitrogens with zero attached hydrogens (tertiary/aromatic N) is 2. The Morgan fingerprint density at radius 2 is 2.12 bits per heavy atom. The zero-order valence-corrected chi connectivity index (χ0v) is 14.6. The molecule has 2 saturated heterocycles. The van der Waals surface area contributed by atoms with E-state index in [1.54, 1.807) is 6.92 Å². The van der Waals surface area contributed by atoms with E-state index < -0.39 is 30.1 Å². The normalized spacial score (nSPS) is 31.3. The molecule has 7 nitrogen and oxygen atoms in total. The molecule has 138 valence electrons. The second-order valence-electron chi connectivity index (χ2n) is 7.25. The molecule has 1 aromatic heterocycles. The van der Waals surface area contributed by atoms with Crippen LogP contribution in [-0.4, -0.2) is 51.8 Å². The van der Waals surface area contributed by atoms with Gasteiger partial charge in [0.05, 0.1) is 18.1 Å². The molecule has 2 fully saturated rings. The highest BCUT2D eigenvalue weighted by Gasteiger charge is 2.63.